The van der Waals surface area contributed by atoms with Crippen LogP contribution in [0, 0.1) is 0 Å². The molecule has 0 bridgehead atoms. The Morgan fingerprint density at radius 1 is 1.37 bits per heavy atom. The van der Waals surface area contributed by atoms with Crippen molar-refractivity contribution in [3.63, 3.8) is 0 Å². The maximum absolute atomic E-state index is 5.04. The van der Waals surface area contributed by atoms with Gasteiger partial charge in [-0.25, -0.2) is 0 Å². The van der Waals surface area contributed by atoms with Crippen LogP contribution in [0.25, 0.3) is 5.70 Å². The van der Waals surface area contributed by atoms with E-state index in [1.807, 2.05) is 0 Å². The average Bonchev–Trinajstić information content (AvgIpc) is 2.93. The van der Waals surface area contributed by atoms with Gasteiger partial charge in [0.1, 0.15) is 0 Å². The lowest BCUT2D eigenvalue weighted by atomic mass is 9.94. The van der Waals surface area contributed by atoms with E-state index < -0.39 is 0 Å². The van der Waals surface area contributed by atoms with Crippen molar-refractivity contribution in [1.82, 2.24) is 10.8 Å². The number of hydroxylamine groups is 1. The molecule has 0 radical (unpaired) electrons. The molecule has 0 spiro atoms. The second-order valence-electron chi connectivity index (χ2n) is 4.62. The molecule has 0 atom stereocenters. The summed E-state index contributed by atoms with van der Waals surface area (Å²) in [5.74, 6) is 0.848. The van der Waals surface area contributed by atoms with E-state index in [1.54, 1.807) is 7.11 Å². The maximum atomic E-state index is 5.04. The fourth-order valence-corrected chi connectivity index (χ4v) is 2.43. The van der Waals surface area contributed by atoms with Gasteiger partial charge in [0.05, 0.1) is 19.4 Å². The number of benzene rings is 1. The summed E-state index contributed by atoms with van der Waals surface area (Å²) in [4.78, 5) is 9.37. The lowest BCUT2D eigenvalue weighted by molar-refractivity contribution is 0.136. The Morgan fingerprint density at radius 2 is 2.32 bits per heavy atom. The quantitative estimate of drug-likeness (QED) is 0.719. The molecule has 1 aromatic rings. The zero-order valence-corrected chi connectivity index (χ0v) is 11.0. The van der Waals surface area contributed by atoms with Crippen molar-refractivity contribution < 1.29 is 4.84 Å². The number of anilines is 1. The average molecular weight is 258 g/mol. The van der Waals surface area contributed by atoms with Gasteiger partial charge in [-0.1, -0.05) is 12.1 Å². The summed E-state index contributed by atoms with van der Waals surface area (Å²) in [6.45, 7) is 1.74. The third kappa shape index (κ3) is 2.56. The van der Waals surface area contributed by atoms with Crippen LogP contribution in [0.4, 0.5) is 5.69 Å². The summed E-state index contributed by atoms with van der Waals surface area (Å²) in [7, 11) is 1.63. The minimum atomic E-state index is 0.837. The summed E-state index contributed by atoms with van der Waals surface area (Å²) in [5, 5.41) is 6.50. The number of aliphatic imine (C=N–C) groups is 1. The Bertz CT molecular complexity index is 536. The molecule has 5 heteroatoms. The molecule has 19 heavy (non-hydrogen) atoms. The molecule has 0 unspecified atom stereocenters. The predicted octanol–water partition coefficient (Wildman–Crippen LogP) is 1.50. The van der Waals surface area contributed by atoms with Crippen LogP contribution >= 0.6 is 0 Å². The van der Waals surface area contributed by atoms with Crippen LogP contribution in [-0.2, 0) is 11.3 Å². The number of nitrogens with one attached hydrogen (secondary N) is 3. The van der Waals surface area contributed by atoms with E-state index in [0.29, 0.717) is 0 Å². The number of rotatable bonds is 3. The fraction of sp³-hybridized carbons (Fsp3) is 0.357. The molecule has 100 valence electrons. The second kappa shape index (κ2) is 5.32. The van der Waals surface area contributed by atoms with Crippen LogP contribution in [0.3, 0.4) is 0 Å². The Hall–Kier alpha value is -2.01. The van der Waals surface area contributed by atoms with Crippen LogP contribution < -0.4 is 16.1 Å². The standard InChI is InChI=1S/C14H18N4O/c1-19-18-13-4-2-3-10-5-6-11(9-12(10)13)17-14-15-7-8-16-14/h4-6,9,18H,2-3,7-8H2,1H3,(H2,15,16,17). The molecule has 0 saturated heterocycles. The number of hydrogen-bond donors (Lipinski definition) is 3. The molecule has 1 heterocycles. The third-order valence-corrected chi connectivity index (χ3v) is 3.31. The highest BCUT2D eigenvalue weighted by Crippen LogP contribution is 2.27. The van der Waals surface area contributed by atoms with Gasteiger partial charge in [-0.15, -0.1) is 0 Å². The van der Waals surface area contributed by atoms with E-state index in [4.69, 9.17) is 4.84 Å². The monoisotopic (exact) mass is 258 g/mol. The van der Waals surface area contributed by atoms with Crippen LogP contribution in [0.5, 0.6) is 0 Å². The zero-order valence-electron chi connectivity index (χ0n) is 11.0. The molecule has 0 saturated carbocycles. The molecular formula is C14H18N4O. The van der Waals surface area contributed by atoms with Gasteiger partial charge in [0, 0.05) is 17.8 Å². The number of hydrogen-bond acceptors (Lipinski definition) is 5. The van der Waals surface area contributed by atoms with Gasteiger partial charge in [0.25, 0.3) is 0 Å². The van der Waals surface area contributed by atoms with Crippen LogP contribution in [0.2, 0.25) is 0 Å². The number of nitrogens with zero attached hydrogens (tertiary/aromatic N) is 1. The minimum Gasteiger partial charge on any atom is -0.354 e. The zero-order chi connectivity index (χ0) is 13.1. The molecule has 3 rings (SSSR count). The smallest absolute Gasteiger partial charge is 0.195 e. The van der Waals surface area contributed by atoms with E-state index in [-0.39, 0.29) is 0 Å². The first-order chi connectivity index (χ1) is 9.36. The summed E-state index contributed by atoms with van der Waals surface area (Å²) < 4.78 is 0. The van der Waals surface area contributed by atoms with E-state index >= 15 is 0 Å². The first-order valence-corrected chi connectivity index (χ1v) is 6.54. The molecule has 0 aromatic heterocycles. The summed E-state index contributed by atoms with van der Waals surface area (Å²) in [6.07, 6.45) is 4.28. The van der Waals surface area contributed by atoms with Crippen molar-refractivity contribution in [1.29, 1.82) is 0 Å². The third-order valence-electron chi connectivity index (χ3n) is 3.31. The van der Waals surface area contributed by atoms with Crippen molar-refractivity contribution in [2.75, 3.05) is 25.5 Å². The van der Waals surface area contributed by atoms with Crippen molar-refractivity contribution >= 4 is 17.3 Å². The van der Waals surface area contributed by atoms with Gasteiger partial charge in [0.2, 0.25) is 0 Å². The Morgan fingerprint density at radius 3 is 3.11 bits per heavy atom. The van der Waals surface area contributed by atoms with Crippen LogP contribution in [0.15, 0.2) is 29.3 Å². The van der Waals surface area contributed by atoms with Crippen LogP contribution in [0.1, 0.15) is 17.5 Å². The first kappa shape index (κ1) is 12.0. The molecule has 2 aliphatic rings. The van der Waals surface area contributed by atoms with Crippen LogP contribution in [-0.4, -0.2) is 26.2 Å². The number of aryl methyl sites for hydroxylation is 1. The minimum absolute atomic E-state index is 0.837. The normalized spacial score (nSPS) is 17.1. The van der Waals surface area contributed by atoms with Crippen molar-refractivity contribution in [3.8, 4) is 0 Å². The highest BCUT2D eigenvalue weighted by atomic mass is 16.6. The lowest BCUT2D eigenvalue weighted by Gasteiger charge is -2.19. The van der Waals surface area contributed by atoms with Gasteiger partial charge in [-0.2, -0.15) is 0 Å². The molecule has 0 amide bonds. The molecule has 1 aliphatic heterocycles. The SMILES string of the molecule is CONC1=CCCc2ccc(NC3=NCCN3)cc21. The highest BCUT2D eigenvalue weighted by Gasteiger charge is 2.14. The Balaban J connectivity index is 1.85. The topological polar surface area (TPSA) is 57.7 Å². The number of fused-ring (bicyclic) bond motifs is 1. The molecule has 1 aromatic carbocycles. The number of guanidine groups is 1. The van der Waals surface area contributed by atoms with E-state index in [1.165, 1.54) is 11.1 Å². The van der Waals surface area contributed by atoms with Crippen molar-refractivity contribution in [2.45, 2.75) is 12.8 Å². The van der Waals surface area contributed by atoms with Gasteiger partial charge in [-0.3, -0.25) is 15.3 Å². The predicted molar refractivity (Wildman–Crippen MR) is 76.8 cm³/mol. The summed E-state index contributed by atoms with van der Waals surface area (Å²) in [6, 6.07) is 6.39. The van der Waals surface area contributed by atoms with Gasteiger partial charge < -0.3 is 10.6 Å². The van der Waals surface area contributed by atoms with Crippen molar-refractivity contribution in [3.05, 3.63) is 35.4 Å². The van der Waals surface area contributed by atoms with Gasteiger partial charge in [0.15, 0.2) is 5.96 Å². The first-order valence-electron chi connectivity index (χ1n) is 6.54. The largest absolute Gasteiger partial charge is 0.354 e. The molecule has 3 N–H and O–H groups in total. The molecular weight excluding hydrogens is 240 g/mol. The van der Waals surface area contributed by atoms with E-state index in [0.717, 1.165) is 43.3 Å². The number of allylic oxidation sites excluding steroid dienone is 1. The summed E-state index contributed by atoms with van der Waals surface area (Å²) in [5.41, 5.74) is 7.56. The molecule has 1 aliphatic carbocycles. The van der Waals surface area contributed by atoms with Gasteiger partial charge >= 0.3 is 0 Å². The lowest BCUT2D eigenvalue weighted by Crippen LogP contribution is -2.26. The fourth-order valence-electron chi connectivity index (χ4n) is 2.43. The Kier molecular flexibility index (Phi) is 3.37. The van der Waals surface area contributed by atoms with Gasteiger partial charge in [-0.05, 0) is 30.5 Å². The summed E-state index contributed by atoms with van der Waals surface area (Å²) >= 11 is 0. The Labute approximate surface area is 112 Å². The molecule has 5 nitrogen and oxygen atoms in total. The highest BCUT2D eigenvalue weighted by molar-refractivity contribution is 5.95. The van der Waals surface area contributed by atoms with Crippen molar-refractivity contribution in [2.24, 2.45) is 4.99 Å². The molecule has 0 fully saturated rings. The maximum Gasteiger partial charge on any atom is 0.195 e. The van der Waals surface area contributed by atoms with E-state index in [9.17, 15) is 0 Å². The van der Waals surface area contributed by atoms with E-state index in [2.05, 4.69) is 45.4 Å². The second-order valence-corrected chi connectivity index (χ2v) is 4.62.